The highest BCUT2D eigenvalue weighted by Gasteiger charge is 2.44. The molecule has 1 heterocycles. The Morgan fingerprint density at radius 1 is 1.17 bits per heavy atom. The van der Waals surface area contributed by atoms with E-state index in [4.69, 9.17) is 32.7 Å². The van der Waals surface area contributed by atoms with Crippen molar-refractivity contribution >= 4 is 23.2 Å². The summed E-state index contributed by atoms with van der Waals surface area (Å²) in [5, 5.41) is 1.26. The minimum absolute atomic E-state index is 0.0106. The van der Waals surface area contributed by atoms with Gasteiger partial charge >= 0.3 is 0 Å². The molecule has 0 spiro atoms. The fraction of sp³-hybridized carbons (Fsp3) is 0.571. The molecule has 1 aromatic rings. The first-order valence-electron chi connectivity index (χ1n) is 6.32. The Balaban J connectivity index is 2.29. The Morgan fingerprint density at radius 2 is 1.83 bits per heavy atom. The Kier molecular flexibility index (Phi) is 4.22. The van der Waals surface area contributed by atoms with E-state index < -0.39 is 5.79 Å². The van der Waals surface area contributed by atoms with Gasteiger partial charge in [0.05, 0.1) is 6.10 Å². The number of hydrogen-bond acceptors (Lipinski definition) is 2. The van der Waals surface area contributed by atoms with Crippen LogP contribution in [0.2, 0.25) is 10.0 Å². The maximum Gasteiger partial charge on any atom is 0.169 e. The molecular weight excluding hydrogens is 271 g/mol. The van der Waals surface area contributed by atoms with Crippen LogP contribution in [0.4, 0.5) is 0 Å². The van der Waals surface area contributed by atoms with Crippen molar-refractivity contribution in [2.75, 3.05) is 0 Å². The molecule has 0 amide bonds. The van der Waals surface area contributed by atoms with Crippen LogP contribution in [0.15, 0.2) is 18.2 Å². The van der Waals surface area contributed by atoms with Crippen LogP contribution in [0.3, 0.4) is 0 Å². The molecule has 0 aliphatic carbocycles. The first kappa shape index (κ1) is 14.1. The van der Waals surface area contributed by atoms with Gasteiger partial charge in [-0.3, -0.25) is 0 Å². The fourth-order valence-electron chi connectivity index (χ4n) is 2.39. The third-order valence-electron chi connectivity index (χ3n) is 3.52. The normalized spacial score (nSPS) is 26.5. The monoisotopic (exact) mass is 288 g/mol. The predicted octanol–water partition coefficient (Wildman–Crippen LogP) is 4.99. The molecule has 2 rings (SSSR count). The molecule has 0 radical (unpaired) electrons. The van der Waals surface area contributed by atoms with Crippen LogP contribution in [0.25, 0.3) is 0 Å². The van der Waals surface area contributed by atoms with E-state index in [-0.39, 0.29) is 12.2 Å². The predicted molar refractivity (Wildman–Crippen MR) is 74.1 cm³/mol. The van der Waals surface area contributed by atoms with Crippen LogP contribution in [-0.4, -0.2) is 11.9 Å². The van der Waals surface area contributed by atoms with Crippen LogP contribution in [0.1, 0.15) is 45.3 Å². The number of benzene rings is 1. The van der Waals surface area contributed by atoms with E-state index in [9.17, 15) is 0 Å². The molecule has 0 saturated carbocycles. The molecule has 1 fully saturated rings. The van der Waals surface area contributed by atoms with Gasteiger partial charge in [0.25, 0.3) is 0 Å². The first-order chi connectivity index (χ1) is 8.51. The smallest absolute Gasteiger partial charge is 0.169 e. The summed E-state index contributed by atoms with van der Waals surface area (Å²) in [6.45, 7) is 6.16. The Morgan fingerprint density at radius 3 is 2.33 bits per heavy atom. The molecule has 0 bridgehead atoms. The summed E-state index contributed by atoms with van der Waals surface area (Å²) in [4.78, 5) is 0. The second-order valence-corrected chi connectivity index (χ2v) is 5.49. The van der Waals surface area contributed by atoms with Crippen molar-refractivity contribution in [3.63, 3.8) is 0 Å². The minimum Gasteiger partial charge on any atom is -0.344 e. The summed E-state index contributed by atoms with van der Waals surface area (Å²) in [6.07, 6.45) is 1.52. The summed E-state index contributed by atoms with van der Waals surface area (Å²) in [6, 6.07) is 5.49. The fourth-order valence-corrected chi connectivity index (χ4v) is 2.90. The van der Waals surface area contributed by atoms with Gasteiger partial charge in [-0.15, -0.1) is 0 Å². The molecule has 4 heteroatoms. The number of halogens is 2. The standard InChI is InChI=1S/C14H18Cl2O2/c1-4-14(5-2)17-9(3)13(18-14)11-7-6-10(15)8-12(11)16/h6-9,13H,4-5H2,1-3H3/t9-,13-/m0/s1. The van der Waals surface area contributed by atoms with Crippen molar-refractivity contribution in [2.24, 2.45) is 0 Å². The third-order valence-corrected chi connectivity index (χ3v) is 4.08. The SMILES string of the molecule is CCC1(CC)O[C@@H](C)[C@@H](c2ccc(Cl)cc2Cl)O1. The average molecular weight is 289 g/mol. The van der Waals surface area contributed by atoms with E-state index in [1.807, 2.05) is 19.1 Å². The Hall–Kier alpha value is -0.280. The highest BCUT2D eigenvalue weighted by atomic mass is 35.5. The highest BCUT2D eigenvalue weighted by molar-refractivity contribution is 6.35. The van der Waals surface area contributed by atoms with E-state index in [1.165, 1.54) is 0 Å². The van der Waals surface area contributed by atoms with Gasteiger partial charge in [-0.1, -0.05) is 43.1 Å². The molecule has 18 heavy (non-hydrogen) atoms. The van der Waals surface area contributed by atoms with Crippen LogP contribution < -0.4 is 0 Å². The molecule has 0 aromatic heterocycles. The summed E-state index contributed by atoms with van der Waals surface area (Å²) >= 11 is 12.1. The Labute approximate surface area is 118 Å². The zero-order valence-electron chi connectivity index (χ0n) is 10.9. The van der Waals surface area contributed by atoms with Gasteiger partial charge in [0.1, 0.15) is 6.10 Å². The number of rotatable bonds is 3. The van der Waals surface area contributed by atoms with Gasteiger partial charge in [0.15, 0.2) is 5.79 Å². The second-order valence-electron chi connectivity index (χ2n) is 4.65. The lowest BCUT2D eigenvalue weighted by molar-refractivity contribution is -0.178. The molecule has 1 aliphatic heterocycles. The van der Waals surface area contributed by atoms with Gasteiger partial charge in [0, 0.05) is 15.6 Å². The quantitative estimate of drug-likeness (QED) is 0.780. The first-order valence-corrected chi connectivity index (χ1v) is 7.07. The van der Waals surface area contributed by atoms with E-state index >= 15 is 0 Å². The molecule has 0 N–H and O–H groups in total. The van der Waals surface area contributed by atoms with Crippen LogP contribution in [0.5, 0.6) is 0 Å². The lowest BCUT2D eigenvalue weighted by Crippen LogP contribution is -2.28. The average Bonchev–Trinajstić information content (AvgIpc) is 2.67. The van der Waals surface area contributed by atoms with Crippen molar-refractivity contribution in [3.05, 3.63) is 33.8 Å². The minimum atomic E-state index is -0.479. The van der Waals surface area contributed by atoms with Gasteiger partial charge in [-0.05, 0) is 31.9 Å². The number of hydrogen-bond donors (Lipinski definition) is 0. The van der Waals surface area contributed by atoms with Crippen molar-refractivity contribution in [3.8, 4) is 0 Å². The molecule has 0 unspecified atom stereocenters. The molecule has 1 aliphatic rings. The van der Waals surface area contributed by atoms with Crippen molar-refractivity contribution in [1.82, 2.24) is 0 Å². The largest absolute Gasteiger partial charge is 0.344 e. The third kappa shape index (κ3) is 2.53. The molecule has 2 nitrogen and oxygen atoms in total. The lowest BCUT2D eigenvalue weighted by Gasteiger charge is -2.25. The maximum atomic E-state index is 6.23. The summed E-state index contributed by atoms with van der Waals surface area (Å²) in [5.74, 6) is -0.479. The zero-order chi connectivity index (χ0) is 13.3. The van der Waals surface area contributed by atoms with Crippen LogP contribution >= 0.6 is 23.2 Å². The zero-order valence-corrected chi connectivity index (χ0v) is 12.4. The van der Waals surface area contributed by atoms with E-state index in [1.54, 1.807) is 6.07 Å². The van der Waals surface area contributed by atoms with E-state index in [0.717, 1.165) is 18.4 Å². The second kappa shape index (κ2) is 5.38. The summed E-state index contributed by atoms with van der Waals surface area (Å²) < 4.78 is 12.1. The topological polar surface area (TPSA) is 18.5 Å². The van der Waals surface area contributed by atoms with Crippen molar-refractivity contribution in [2.45, 2.75) is 51.6 Å². The number of ether oxygens (including phenoxy) is 2. The summed E-state index contributed by atoms with van der Waals surface area (Å²) in [7, 11) is 0. The van der Waals surface area contributed by atoms with Gasteiger partial charge in [-0.25, -0.2) is 0 Å². The van der Waals surface area contributed by atoms with Gasteiger partial charge < -0.3 is 9.47 Å². The Bertz CT molecular complexity index is 430. The maximum absolute atomic E-state index is 6.23. The van der Waals surface area contributed by atoms with E-state index in [2.05, 4.69) is 13.8 Å². The lowest BCUT2D eigenvalue weighted by atomic mass is 10.1. The molecule has 1 aromatic carbocycles. The van der Waals surface area contributed by atoms with Crippen molar-refractivity contribution < 1.29 is 9.47 Å². The molecule has 2 atom stereocenters. The van der Waals surface area contributed by atoms with E-state index in [0.29, 0.717) is 10.0 Å². The highest BCUT2D eigenvalue weighted by Crippen LogP contribution is 2.44. The van der Waals surface area contributed by atoms with Crippen molar-refractivity contribution in [1.29, 1.82) is 0 Å². The molecular formula is C14H18Cl2O2. The molecule has 1 saturated heterocycles. The van der Waals surface area contributed by atoms with Gasteiger partial charge in [-0.2, -0.15) is 0 Å². The van der Waals surface area contributed by atoms with Gasteiger partial charge in [0.2, 0.25) is 0 Å². The van der Waals surface area contributed by atoms with Crippen LogP contribution in [0, 0.1) is 0 Å². The molecule has 100 valence electrons. The van der Waals surface area contributed by atoms with Crippen LogP contribution in [-0.2, 0) is 9.47 Å². The summed E-state index contributed by atoms with van der Waals surface area (Å²) in [5.41, 5.74) is 0.942.